The highest BCUT2D eigenvalue weighted by molar-refractivity contribution is 5.42. The number of aromatic nitrogens is 3. The molecule has 1 atom stereocenters. The van der Waals surface area contributed by atoms with E-state index in [2.05, 4.69) is 10.3 Å². The minimum absolute atomic E-state index is 0.559. The Labute approximate surface area is 117 Å². The normalized spacial score (nSPS) is 12.2. The summed E-state index contributed by atoms with van der Waals surface area (Å²) in [5, 5.41) is 17.7. The van der Waals surface area contributed by atoms with Crippen LogP contribution in [0.2, 0.25) is 0 Å². The molecule has 0 aliphatic carbocycles. The molecule has 6 nitrogen and oxygen atoms in total. The number of nitrogens with zero attached hydrogens (tertiary/aromatic N) is 3. The van der Waals surface area contributed by atoms with Gasteiger partial charge in [0.2, 0.25) is 0 Å². The maximum absolute atomic E-state index is 9.71. The van der Waals surface area contributed by atoms with Crippen molar-refractivity contribution in [1.82, 2.24) is 15.0 Å². The Morgan fingerprint density at radius 3 is 2.65 bits per heavy atom. The van der Waals surface area contributed by atoms with Crippen molar-refractivity contribution < 1.29 is 14.6 Å². The molecule has 1 aromatic heterocycles. The van der Waals surface area contributed by atoms with E-state index in [1.54, 1.807) is 25.1 Å². The van der Waals surface area contributed by atoms with Gasteiger partial charge in [-0.1, -0.05) is 18.2 Å². The lowest BCUT2D eigenvalue weighted by Crippen LogP contribution is -2.01. The van der Waals surface area contributed by atoms with Gasteiger partial charge < -0.3 is 14.6 Å². The highest BCUT2D eigenvalue weighted by atomic mass is 16.5. The van der Waals surface area contributed by atoms with Crippen molar-refractivity contribution in [2.24, 2.45) is 0 Å². The van der Waals surface area contributed by atoms with Crippen LogP contribution in [0.5, 0.6) is 11.5 Å². The lowest BCUT2D eigenvalue weighted by molar-refractivity contribution is 0.168. The van der Waals surface area contributed by atoms with E-state index in [9.17, 15) is 5.11 Å². The summed E-state index contributed by atoms with van der Waals surface area (Å²) in [7, 11) is 3.21. The van der Waals surface area contributed by atoms with Gasteiger partial charge in [0.15, 0.2) is 11.5 Å². The zero-order valence-electron chi connectivity index (χ0n) is 11.9. The Bertz CT molecular complexity index is 569. The number of hydrogen-bond donors (Lipinski definition) is 1. The highest BCUT2D eigenvalue weighted by Gasteiger charge is 2.10. The van der Waals surface area contributed by atoms with Gasteiger partial charge in [-0.2, -0.15) is 0 Å². The molecule has 1 heterocycles. The summed E-state index contributed by atoms with van der Waals surface area (Å²) in [4.78, 5) is 0. The van der Waals surface area contributed by atoms with Crippen LogP contribution in [0, 0.1) is 0 Å². The zero-order chi connectivity index (χ0) is 14.5. The first-order valence-electron chi connectivity index (χ1n) is 6.47. The summed E-state index contributed by atoms with van der Waals surface area (Å²) in [5.74, 6) is 1.37. The Balaban J connectivity index is 2.15. The minimum Gasteiger partial charge on any atom is -0.493 e. The van der Waals surface area contributed by atoms with E-state index >= 15 is 0 Å². The summed E-state index contributed by atoms with van der Waals surface area (Å²) in [5.41, 5.74) is 1.61. The van der Waals surface area contributed by atoms with Gasteiger partial charge in [-0.05, 0) is 24.1 Å². The van der Waals surface area contributed by atoms with Gasteiger partial charge in [0.1, 0.15) is 5.69 Å². The average molecular weight is 277 g/mol. The third-order valence-corrected chi connectivity index (χ3v) is 3.08. The van der Waals surface area contributed by atoms with Crippen LogP contribution in [-0.2, 0) is 6.54 Å². The van der Waals surface area contributed by atoms with Gasteiger partial charge in [0.25, 0.3) is 0 Å². The Kier molecular flexibility index (Phi) is 4.57. The second-order valence-corrected chi connectivity index (χ2v) is 4.45. The smallest absolute Gasteiger partial charge is 0.161 e. The maximum atomic E-state index is 9.71. The zero-order valence-corrected chi connectivity index (χ0v) is 11.9. The number of aliphatic hydroxyl groups is 1. The first kappa shape index (κ1) is 14.3. The Hall–Kier alpha value is -2.08. The first-order chi connectivity index (χ1) is 9.67. The van der Waals surface area contributed by atoms with Crippen LogP contribution in [0.1, 0.15) is 30.7 Å². The molecule has 1 aromatic carbocycles. The average Bonchev–Trinajstić information content (AvgIpc) is 2.94. The molecule has 2 aromatic rings. The van der Waals surface area contributed by atoms with Crippen molar-refractivity contribution >= 4 is 0 Å². The number of rotatable bonds is 6. The van der Waals surface area contributed by atoms with Crippen LogP contribution in [0.4, 0.5) is 0 Å². The predicted octanol–water partition coefficient (Wildman–Crippen LogP) is 1.79. The highest BCUT2D eigenvalue weighted by Crippen LogP contribution is 2.27. The van der Waals surface area contributed by atoms with Crippen LogP contribution in [0.3, 0.4) is 0 Å². The summed E-state index contributed by atoms with van der Waals surface area (Å²) < 4.78 is 12.2. The van der Waals surface area contributed by atoms with Gasteiger partial charge in [-0.25, -0.2) is 4.68 Å². The second-order valence-electron chi connectivity index (χ2n) is 4.45. The fraction of sp³-hybridized carbons (Fsp3) is 0.429. The largest absolute Gasteiger partial charge is 0.493 e. The van der Waals surface area contributed by atoms with Crippen LogP contribution < -0.4 is 9.47 Å². The van der Waals surface area contributed by atoms with Crippen molar-refractivity contribution in [3.63, 3.8) is 0 Å². The molecular weight excluding hydrogens is 258 g/mol. The maximum Gasteiger partial charge on any atom is 0.161 e. The molecule has 0 saturated heterocycles. The molecule has 6 heteroatoms. The number of hydrogen-bond acceptors (Lipinski definition) is 5. The van der Waals surface area contributed by atoms with Crippen molar-refractivity contribution in [3.8, 4) is 11.5 Å². The molecule has 0 radical (unpaired) electrons. The van der Waals surface area contributed by atoms with E-state index in [1.165, 1.54) is 0 Å². The van der Waals surface area contributed by atoms with Crippen molar-refractivity contribution in [2.75, 3.05) is 14.2 Å². The molecular formula is C14H19N3O3. The third-order valence-electron chi connectivity index (χ3n) is 3.08. The van der Waals surface area contributed by atoms with Crippen LogP contribution in [0.25, 0.3) is 0 Å². The van der Waals surface area contributed by atoms with E-state index in [4.69, 9.17) is 9.47 Å². The van der Waals surface area contributed by atoms with E-state index in [0.717, 1.165) is 5.56 Å². The van der Waals surface area contributed by atoms with Crippen molar-refractivity contribution in [2.45, 2.75) is 26.0 Å². The van der Waals surface area contributed by atoms with E-state index in [-0.39, 0.29) is 0 Å². The SMILES string of the molecule is CCC(O)c1cn(Cc2ccc(OC)c(OC)c2)nn1. The Morgan fingerprint density at radius 2 is 2.00 bits per heavy atom. The van der Waals surface area contributed by atoms with Gasteiger partial charge in [-0.15, -0.1) is 5.10 Å². The monoisotopic (exact) mass is 277 g/mol. The Morgan fingerprint density at radius 1 is 1.25 bits per heavy atom. The molecule has 108 valence electrons. The quantitative estimate of drug-likeness (QED) is 0.871. The fourth-order valence-electron chi connectivity index (χ4n) is 1.92. The van der Waals surface area contributed by atoms with Crippen LogP contribution >= 0.6 is 0 Å². The van der Waals surface area contributed by atoms with Gasteiger partial charge in [0.05, 0.1) is 33.1 Å². The molecule has 0 saturated carbocycles. The summed E-state index contributed by atoms with van der Waals surface area (Å²) in [6.45, 7) is 2.46. The summed E-state index contributed by atoms with van der Waals surface area (Å²) >= 11 is 0. The van der Waals surface area contributed by atoms with Crippen LogP contribution in [-0.4, -0.2) is 34.3 Å². The summed E-state index contributed by atoms with van der Waals surface area (Å²) in [6, 6.07) is 5.70. The molecule has 0 aliphatic rings. The topological polar surface area (TPSA) is 69.4 Å². The minimum atomic E-state index is -0.561. The van der Waals surface area contributed by atoms with Gasteiger partial charge in [-0.3, -0.25) is 0 Å². The number of methoxy groups -OCH3 is 2. The molecule has 2 rings (SSSR count). The van der Waals surface area contributed by atoms with E-state index in [1.807, 2.05) is 25.1 Å². The van der Waals surface area contributed by atoms with E-state index < -0.39 is 6.10 Å². The number of ether oxygens (including phenoxy) is 2. The van der Waals surface area contributed by atoms with Crippen molar-refractivity contribution in [3.05, 3.63) is 35.7 Å². The van der Waals surface area contributed by atoms with Crippen LogP contribution in [0.15, 0.2) is 24.4 Å². The molecule has 0 spiro atoms. The number of benzene rings is 1. The second kappa shape index (κ2) is 6.38. The van der Waals surface area contributed by atoms with Gasteiger partial charge >= 0.3 is 0 Å². The molecule has 0 bridgehead atoms. The molecule has 20 heavy (non-hydrogen) atoms. The predicted molar refractivity (Wildman–Crippen MR) is 73.9 cm³/mol. The van der Waals surface area contributed by atoms with Crippen molar-refractivity contribution in [1.29, 1.82) is 0 Å². The lowest BCUT2D eigenvalue weighted by Gasteiger charge is -2.09. The first-order valence-corrected chi connectivity index (χ1v) is 6.47. The fourth-order valence-corrected chi connectivity index (χ4v) is 1.92. The lowest BCUT2D eigenvalue weighted by atomic mass is 10.2. The molecule has 0 fully saturated rings. The summed E-state index contributed by atoms with van der Waals surface area (Å²) in [6.07, 6.45) is 1.81. The molecule has 1 N–H and O–H groups in total. The third kappa shape index (κ3) is 3.08. The number of aliphatic hydroxyl groups excluding tert-OH is 1. The molecule has 1 unspecified atom stereocenters. The van der Waals surface area contributed by atoms with E-state index in [0.29, 0.717) is 30.2 Å². The van der Waals surface area contributed by atoms with Gasteiger partial charge in [0, 0.05) is 0 Å². The molecule has 0 amide bonds. The molecule has 0 aliphatic heterocycles. The standard InChI is InChI=1S/C14H19N3O3/c1-4-12(18)11-9-17(16-15-11)8-10-5-6-13(19-2)14(7-10)20-3/h5-7,9,12,18H,4,8H2,1-3H3.